The van der Waals surface area contributed by atoms with Crippen molar-refractivity contribution in [3.63, 3.8) is 0 Å². The molecule has 0 atom stereocenters. The molecule has 210 valence electrons. The van der Waals surface area contributed by atoms with Crippen LogP contribution in [0.1, 0.15) is 18.1 Å². The summed E-state index contributed by atoms with van der Waals surface area (Å²) >= 11 is 0. The van der Waals surface area contributed by atoms with Crippen molar-refractivity contribution in [1.29, 1.82) is 0 Å². The number of amides is 1. The average Bonchev–Trinajstić information content (AvgIpc) is 3.18. The summed E-state index contributed by atoms with van der Waals surface area (Å²) in [6, 6.07) is 9.25. The lowest BCUT2D eigenvalue weighted by molar-refractivity contribution is -0.114. The number of hydrogen-bond acceptors (Lipinski definition) is 8. The lowest BCUT2D eigenvalue weighted by Gasteiger charge is -2.14. The van der Waals surface area contributed by atoms with E-state index < -0.39 is 42.5 Å². The van der Waals surface area contributed by atoms with Crippen LogP contribution < -0.4 is 10.6 Å². The first-order valence-electron chi connectivity index (χ1n) is 11.4. The Hall–Kier alpha value is -4.88. The standard InChI is InChI=1S/C26H20N4O9S2/c1-15-21(24(31)29(26(33)23(15)27-3)17-7-11-19(12-8-17)40(34,35)36)5-4-6-22-16(2)28-30(25(22)32)18-9-13-20(14-10-18)41(37,38)39/h4-14,33H,1-2H3,(H,34,35,36)(H,37,38,39)/b5-4+,22-6-. The number of rotatable bonds is 6. The second kappa shape index (κ2) is 10.6. The summed E-state index contributed by atoms with van der Waals surface area (Å²) in [6.45, 7) is 10.5. The van der Waals surface area contributed by atoms with Crippen LogP contribution in [0.2, 0.25) is 0 Å². The van der Waals surface area contributed by atoms with Gasteiger partial charge in [-0.1, -0.05) is 12.2 Å². The van der Waals surface area contributed by atoms with Gasteiger partial charge < -0.3 is 5.11 Å². The summed E-state index contributed by atoms with van der Waals surface area (Å²) < 4.78 is 64.4. The molecular formula is C26H20N4O9S2. The first-order valence-corrected chi connectivity index (χ1v) is 14.3. The fourth-order valence-electron chi connectivity index (χ4n) is 4.00. The molecule has 0 bridgehead atoms. The van der Waals surface area contributed by atoms with Crippen molar-refractivity contribution < 1.29 is 35.8 Å². The van der Waals surface area contributed by atoms with Crippen molar-refractivity contribution >= 4 is 49.3 Å². The molecular weight excluding hydrogens is 576 g/mol. The van der Waals surface area contributed by atoms with Crippen LogP contribution >= 0.6 is 0 Å². The molecule has 15 heteroatoms. The quantitative estimate of drug-likeness (QED) is 0.218. The molecule has 1 aromatic heterocycles. The molecule has 3 N–H and O–H groups in total. The second-order valence-electron chi connectivity index (χ2n) is 8.64. The second-order valence-corrected chi connectivity index (χ2v) is 11.5. The number of pyridine rings is 1. The maximum absolute atomic E-state index is 13.4. The van der Waals surface area contributed by atoms with E-state index in [4.69, 9.17) is 11.1 Å². The minimum absolute atomic E-state index is 0.00204. The van der Waals surface area contributed by atoms with Crippen LogP contribution in [-0.4, -0.2) is 47.2 Å². The van der Waals surface area contributed by atoms with Gasteiger partial charge in [0.2, 0.25) is 11.6 Å². The fourth-order valence-corrected chi connectivity index (χ4v) is 4.96. The Labute approximate surface area is 233 Å². The highest BCUT2D eigenvalue weighted by Crippen LogP contribution is 2.33. The molecule has 0 saturated heterocycles. The van der Waals surface area contributed by atoms with Crippen molar-refractivity contribution in [2.24, 2.45) is 5.10 Å². The van der Waals surface area contributed by atoms with E-state index in [1.807, 2.05) is 0 Å². The number of carbonyl (C=O) groups is 1. The molecule has 0 fully saturated rings. The molecule has 0 radical (unpaired) electrons. The van der Waals surface area contributed by atoms with Crippen LogP contribution in [0.25, 0.3) is 16.6 Å². The summed E-state index contributed by atoms with van der Waals surface area (Å²) in [4.78, 5) is 28.9. The maximum atomic E-state index is 13.4. The number of hydrazone groups is 1. The molecule has 0 saturated carbocycles. The first kappa shape index (κ1) is 29.1. The number of benzene rings is 2. The molecule has 0 unspecified atom stereocenters. The molecule has 0 spiro atoms. The van der Waals surface area contributed by atoms with Crippen LogP contribution in [0.3, 0.4) is 0 Å². The Morgan fingerprint density at radius 1 is 0.878 bits per heavy atom. The molecule has 13 nitrogen and oxygen atoms in total. The molecule has 1 amide bonds. The number of carbonyl (C=O) groups excluding carboxylic acids is 1. The molecule has 3 aromatic rings. The normalized spacial score (nSPS) is 15.0. The maximum Gasteiger partial charge on any atom is 0.294 e. The van der Waals surface area contributed by atoms with Gasteiger partial charge in [-0.3, -0.25) is 23.3 Å². The SMILES string of the molecule is [C-]#[N+]c1c(C)c(/C=C/C=C2\C(=O)N(c3ccc(S(=O)(=O)O)cc3)N=C2C)c(=O)n(-c2ccc(S(=O)(=O)O)cc2)c1O. The van der Waals surface area contributed by atoms with Gasteiger partial charge in [-0.05, 0) is 74.0 Å². The van der Waals surface area contributed by atoms with Crippen LogP contribution in [0.5, 0.6) is 5.88 Å². The van der Waals surface area contributed by atoms with Crippen LogP contribution in [-0.2, 0) is 25.0 Å². The molecule has 1 aliphatic heterocycles. The summed E-state index contributed by atoms with van der Waals surface area (Å²) in [6.07, 6.45) is 4.12. The van der Waals surface area contributed by atoms with E-state index in [-0.39, 0.29) is 38.7 Å². The molecule has 41 heavy (non-hydrogen) atoms. The summed E-state index contributed by atoms with van der Waals surface area (Å²) in [5.41, 5.74) is -0.0677. The molecule has 1 aliphatic rings. The Balaban J connectivity index is 1.71. The Morgan fingerprint density at radius 3 is 1.88 bits per heavy atom. The van der Waals surface area contributed by atoms with Gasteiger partial charge in [-0.2, -0.15) is 26.9 Å². The van der Waals surface area contributed by atoms with Gasteiger partial charge in [0.25, 0.3) is 31.7 Å². The minimum atomic E-state index is -4.50. The number of nitrogens with zero attached hydrogens (tertiary/aromatic N) is 4. The van der Waals surface area contributed by atoms with E-state index in [9.17, 15) is 36.1 Å². The smallest absolute Gasteiger partial charge is 0.294 e. The largest absolute Gasteiger partial charge is 0.502 e. The molecule has 2 aromatic carbocycles. The van der Waals surface area contributed by atoms with Gasteiger partial charge in [-0.15, -0.1) is 0 Å². The van der Waals surface area contributed by atoms with E-state index in [1.54, 1.807) is 6.92 Å². The lowest BCUT2D eigenvalue weighted by atomic mass is 10.1. The van der Waals surface area contributed by atoms with Crippen molar-refractivity contribution in [1.82, 2.24) is 4.57 Å². The monoisotopic (exact) mass is 596 g/mol. The zero-order valence-corrected chi connectivity index (χ0v) is 22.9. The van der Waals surface area contributed by atoms with Gasteiger partial charge in [-0.25, -0.2) is 4.85 Å². The molecule has 0 aliphatic carbocycles. The van der Waals surface area contributed by atoms with Crippen LogP contribution in [0, 0.1) is 13.5 Å². The number of hydrogen-bond donors (Lipinski definition) is 3. The zero-order chi connectivity index (χ0) is 30.3. The van der Waals surface area contributed by atoms with E-state index in [0.29, 0.717) is 5.71 Å². The number of aromatic hydroxyl groups is 1. The topological polar surface area (TPSA) is 188 Å². The van der Waals surface area contributed by atoms with Crippen molar-refractivity contribution in [3.8, 4) is 11.6 Å². The first-order chi connectivity index (χ1) is 19.1. The highest BCUT2D eigenvalue weighted by atomic mass is 32.2. The molecule has 2 heterocycles. The number of aromatic nitrogens is 1. The molecule has 4 rings (SSSR count). The van der Waals surface area contributed by atoms with E-state index in [2.05, 4.69) is 9.95 Å². The predicted octanol–water partition coefficient (Wildman–Crippen LogP) is 3.26. The highest BCUT2D eigenvalue weighted by molar-refractivity contribution is 7.86. The Kier molecular flexibility index (Phi) is 7.52. The van der Waals surface area contributed by atoms with E-state index in [1.165, 1.54) is 49.4 Å². The van der Waals surface area contributed by atoms with Gasteiger partial charge in [0.15, 0.2) is 0 Å². The third-order valence-electron chi connectivity index (χ3n) is 6.09. The van der Waals surface area contributed by atoms with Crippen molar-refractivity contribution in [2.45, 2.75) is 23.6 Å². The van der Waals surface area contributed by atoms with Crippen LogP contribution in [0.4, 0.5) is 11.4 Å². The third-order valence-corrected chi connectivity index (χ3v) is 7.82. The zero-order valence-electron chi connectivity index (χ0n) is 21.2. The van der Waals surface area contributed by atoms with E-state index in [0.717, 1.165) is 33.8 Å². The van der Waals surface area contributed by atoms with Crippen molar-refractivity contribution in [3.05, 3.63) is 99.2 Å². The average molecular weight is 597 g/mol. The fraction of sp³-hybridized carbons (Fsp3) is 0.0769. The number of anilines is 1. The van der Waals surface area contributed by atoms with Gasteiger partial charge >= 0.3 is 0 Å². The Bertz CT molecular complexity index is 2000. The summed E-state index contributed by atoms with van der Waals surface area (Å²) in [5.74, 6) is -1.21. The van der Waals surface area contributed by atoms with Crippen LogP contribution in [0.15, 0.2) is 85.9 Å². The van der Waals surface area contributed by atoms with Gasteiger partial charge in [0.1, 0.15) is 0 Å². The summed E-state index contributed by atoms with van der Waals surface area (Å²) in [5, 5.41) is 15.9. The van der Waals surface area contributed by atoms with Gasteiger partial charge in [0.05, 0.1) is 39.0 Å². The Morgan fingerprint density at radius 2 is 1.39 bits per heavy atom. The summed E-state index contributed by atoms with van der Waals surface area (Å²) in [7, 11) is -8.92. The highest BCUT2D eigenvalue weighted by Gasteiger charge is 2.28. The predicted molar refractivity (Wildman–Crippen MR) is 148 cm³/mol. The minimum Gasteiger partial charge on any atom is -0.502 e. The van der Waals surface area contributed by atoms with Crippen molar-refractivity contribution in [2.75, 3.05) is 5.01 Å². The lowest BCUT2D eigenvalue weighted by Crippen LogP contribution is -2.22. The van der Waals surface area contributed by atoms with Gasteiger partial charge in [0, 0.05) is 5.56 Å². The van der Waals surface area contributed by atoms with E-state index >= 15 is 0 Å². The third kappa shape index (κ3) is 5.58. The number of allylic oxidation sites excluding steroid dienone is 2.